The Hall–Kier alpha value is -2.77. The Balaban J connectivity index is 1.92. The van der Waals surface area contributed by atoms with Gasteiger partial charge in [-0.05, 0) is 30.7 Å². The van der Waals surface area contributed by atoms with Crippen LogP contribution in [0.4, 0.5) is 8.78 Å². The van der Waals surface area contributed by atoms with Crippen molar-refractivity contribution in [1.29, 1.82) is 0 Å². The van der Waals surface area contributed by atoms with Crippen LogP contribution in [-0.4, -0.2) is 39.6 Å². The summed E-state index contributed by atoms with van der Waals surface area (Å²) in [5, 5.41) is 4.16. The van der Waals surface area contributed by atoms with Gasteiger partial charge in [-0.15, -0.1) is 0 Å². The molecule has 2 N–H and O–H groups in total. The zero-order chi connectivity index (χ0) is 18.3. The van der Waals surface area contributed by atoms with Gasteiger partial charge < -0.3 is 10.6 Å². The Kier molecular flexibility index (Phi) is 4.28. The fourth-order valence-corrected chi connectivity index (χ4v) is 3.28. The number of nitrogens with two attached hydrogens (primary N) is 1. The summed E-state index contributed by atoms with van der Waals surface area (Å²) >= 11 is 0. The van der Waals surface area contributed by atoms with E-state index in [-0.39, 0.29) is 24.6 Å². The Morgan fingerprint density at radius 1 is 1.28 bits per heavy atom. The molecular weight excluding hydrogens is 330 g/mol. The maximum Gasteiger partial charge on any atom is 0.256 e. The zero-order valence-corrected chi connectivity index (χ0v) is 13.9. The first-order chi connectivity index (χ1) is 11.8. The van der Waals surface area contributed by atoms with Gasteiger partial charge in [-0.1, -0.05) is 0 Å². The molecule has 1 fully saturated rings. The van der Waals surface area contributed by atoms with Crippen molar-refractivity contribution in [2.45, 2.75) is 12.8 Å². The first-order valence-electron chi connectivity index (χ1n) is 7.81. The molecule has 6 nitrogen and oxygen atoms in total. The highest BCUT2D eigenvalue weighted by atomic mass is 19.1. The predicted molar refractivity (Wildman–Crippen MR) is 85.6 cm³/mol. The van der Waals surface area contributed by atoms with Crippen LogP contribution in [0.15, 0.2) is 24.4 Å². The number of aromatic nitrogens is 2. The third-order valence-corrected chi connectivity index (χ3v) is 4.80. The minimum Gasteiger partial charge on any atom is -0.369 e. The monoisotopic (exact) mass is 348 g/mol. The van der Waals surface area contributed by atoms with Gasteiger partial charge in [0.25, 0.3) is 5.91 Å². The van der Waals surface area contributed by atoms with E-state index >= 15 is 0 Å². The molecule has 2 aromatic rings. The van der Waals surface area contributed by atoms with E-state index in [1.165, 1.54) is 4.90 Å². The molecule has 132 valence electrons. The minimum absolute atomic E-state index is 0.0587. The second-order valence-corrected chi connectivity index (χ2v) is 6.26. The van der Waals surface area contributed by atoms with E-state index < -0.39 is 29.4 Å². The highest BCUT2D eigenvalue weighted by molar-refractivity contribution is 5.95. The number of halogens is 2. The van der Waals surface area contributed by atoms with E-state index in [0.717, 1.165) is 29.5 Å². The molecular formula is C17H18F2N4O2. The fraction of sp³-hybridized carbons (Fsp3) is 0.353. The zero-order valence-electron chi connectivity index (χ0n) is 13.9. The van der Waals surface area contributed by atoms with Crippen molar-refractivity contribution in [2.75, 3.05) is 13.1 Å². The van der Waals surface area contributed by atoms with Crippen LogP contribution >= 0.6 is 0 Å². The summed E-state index contributed by atoms with van der Waals surface area (Å²) in [6.45, 7) is 2.11. The molecule has 25 heavy (non-hydrogen) atoms. The number of carbonyl (C=O) groups is 2. The van der Waals surface area contributed by atoms with Gasteiger partial charge in [0.1, 0.15) is 11.6 Å². The molecule has 1 aromatic carbocycles. The number of hydrogen-bond donors (Lipinski definition) is 1. The maximum absolute atomic E-state index is 13.9. The lowest BCUT2D eigenvalue weighted by atomic mass is 9.89. The molecule has 1 aliphatic rings. The maximum atomic E-state index is 13.9. The number of primary amides is 1. The van der Waals surface area contributed by atoms with Crippen molar-refractivity contribution in [3.05, 3.63) is 52.9 Å². The second-order valence-electron chi connectivity index (χ2n) is 6.26. The average molecular weight is 348 g/mol. The van der Waals surface area contributed by atoms with Gasteiger partial charge in [0.2, 0.25) is 5.91 Å². The van der Waals surface area contributed by atoms with Gasteiger partial charge in [0, 0.05) is 31.7 Å². The lowest BCUT2D eigenvalue weighted by Crippen LogP contribution is -2.32. The van der Waals surface area contributed by atoms with E-state index in [0.29, 0.717) is 0 Å². The van der Waals surface area contributed by atoms with Crippen molar-refractivity contribution in [3.63, 3.8) is 0 Å². The van der Waals surface area contributed by atoms with E-state index in [9.17, 15) is 18.4 Å². The molecule has 2 heterocycles. The summed E-state index contributed by atoms with van der Waals surface area (Å²) in [5.74, 6) is -3.64. The largest absolute Gasteiger partial charge is 0.369 e. The fourth-order valence-electron chi connectivity index (χ4n) is 3.28. The van der Waals surface area contributed by atoms with Gasteiger partial charge in [-0.2, -0.15) is 5.10 Å². The average Bonchev–Trinajstić information content (AvgIpc) is 3.14. The van der Waals surface area contributed by atoms with Crippen LogP contribution in [0.5, 0.6) is 0 Å². The summed E-state index contributed by atoms with van der Waals surface area (Å²) < 4.78 is 28.9. The quantitative estimate of drug-likeness (QED) is 0.909. The molecule has 0 spiro atoms. The molecule has 0 bridgehead atoms. The van der Waals surface area contributed by atoms with Crippen molar-refractivity contribution in [3.8, 4) is 0 Å². The number of likely N-dealkylation sites (tertiary alicyclic amines) is 1. The molecule has 1 aliphatic heterocycles. The summed E-state index contributed by atoms with van der Waals surface area (Å²) in [6.07, 6.45) is 1.65. The molecule has 8 heteroatoms. The van der Waals surface area contributed by atoms with Gasteiger partial charge >= 0.3 is 0 Å². The molecule has 1 aromatic heterocycles. The minimum atomic E-state index is -0.803. The van der Waals surface area contributed by atoms with Crippen LogP contribution in [0.3, 0.4) is 0 Å². The summed E-state index contributed by atoms with van der Waals surface area (Å²) in [7, 11) is 1.78. The van der Waals surface area contributed by atoms with E-state index in [4.69, 9.17) is 5.73 Å². The number of carbonyl (C=O) groups excluding carboxylic acids is 2. The highest BCUT2D eigenvalue weighted by Gasteiger charge is 2.41. The standard InChI is InChI=1S/C17H18F2N4O2/c1-9-12(6-21-22(9)2)13-7-23(8-14(13)16(20)24)17(25)11-5-10(18)3-4-15(11)19/h3-6,13-14H,7-8H2,1-2H3,(H2,20,24)/t13-,14+/m1/s1. The van der Waals surface area contributed by atoms with Crippen molar-refractivity contribution < 1.29 is 18.4 Å². The molecule has 0 unspecified atom stereocenters. The normalized spacial score (nSPS) is 20.1. The molecule has 0 aliphatic carbocycles. The van der Waals surface area contributed by atoms with E-state index in [1.807, 2.05) is 6.92 Å². The van der Waals surface area contributed by atoms with Gasteiger partial charge in [-0.25, -0.2) is 8.78 Å². The molecule has 2 amide bonds. The van der Waals surface area contributed by atoms with Gasteiger partial charge in [0.15, 0.2) is 0 Å². The van der Waals surface area contributed by atoms with Crippen LogP contribution in [0.1, 0.15) is 27.5 Å². The van der Waals surface area contributed by atoms with Crippen LogP contribution < -0.4 is 5.73 Å². The summed E-state index contributed by atoms with van der Waals surface area (Å²) in [4.78, 5) is 25.8. The highest BCUT2D eigenvalue weighted by Crippen LogP contribution is 2.35. The predicted octanol–water partition coefficient (Wildman–Crippen LogP) is 1.35. The van der Waals surface area contributed by atoms with Crippen molar-refractivity contribution in [2.24, 2.45) is 18.7 Å². The van der Waals surface area contributed by atoms with Crippen LogP contribution in [0.2, 0.25) is 0 Å². The van der Waals surface area contributed by atoms with Gasteiger partial charge in [-0.3, -0.25) is 14.3 Å². The smallest absolute Gasteiger partial charge is 0.256 e. The SMILES string of the molecule is Cc1c([C@H]2CN(C(=O)c3cc(F)ccc3F)C[C@@H]2C(N)=O)cnn1C. The Labute approximate surface area is 143 Å². The lowest BCUT2D eigenvalue weighted by molar-refractivity contribution is -0.121. The Morgan fingerprint density at radius 3 is 2.60 bits per heavy atom. The van der Waals surface area contributed by atoms with E-state index in [2.05, 4.69) is 5.10 Å². The van der Waals surface area contributed by atoms with Gasteiger partial charge in [0.05, 0.1) is 17.7 Å². The number of hydrogen-bond acceptors (Lipinski definition) is 3. The molecule has 1 saturated heterocycles. The number of nitrogens with zero attached hydrogens (tertiary/aromatic N) is 3. The number of benzene rings is 1. The third-order valence-electron chi connectivity index (χ3n) is 4.80. The lowest BCUT2D eigenvalue weighted by Gasteiger charge is -2.17. The topological polar surface area (TPSA) is 81.2 Å². The van der Waals surface area contributed by atoms with Crippen molar-refractivity contribution >= 4 is 11.8 Å². The van der Waals surface area contributed by atoms with Crippen LogP contribution in [0, 0.1) is 24.5 Å². The first-order valence-corrected chi connectivity index (χ1v) is 7.81. The Morgan fingerprint density at radius 2 is 2.00 bits per heavy atom. The molecule has 3 rings (SSSR count). The summed E-state index contributed by atoms with van der Waals surface area (Å²) in [5.41, 5.74) is 6.83. The molecule has 2 atom stereocenters. The molecule has 0 saturated carbocycles. The number of amides is 2. The van der Waals surface area contributed by atoms with E-state index in [1.54, 1.807) is 17.9 Å². The van der Waals surface area contributed by atoms with Crippen molar-refractivity contribution in [1.82, 2.24) is 14.7 Å². The van der Waals surface area contributed by atoms with Crippen LogP contribution in [0.25, 0.3) is 0 Å². The second kappa shape index (κ2) is 6.27. The first kappa shape index (κ1) is 17.1. The molecule has 0 radical (unpaired) electrons. The number of rotatable bonds is 3. The number of aryl methyl sites for hydroxylation is 1. The van der Waals surface area contributed by atoms with Crippen LogP contribution in [-0.2, 0) is 11.8 Å². The Bertz CT molecular complexity index is 849. The summed E-state index contributed by atoms with van der Waals surface area (Å²) in [6, 6.07) is 2.72. The third kappa shape index (κ3) is 2.99.